The molecule has 0 spiro atoms. The van der Waals surface area contributed by atoms with Crippen molar-refractivity contribution in [2.45, 2.75) is 38.5 Å². The number of carbonyl (C=O) groups is 2. The lowest BCUT2D eigenvalue weighted by Gasteiger charge is -2.29. The number of carbonyl (C=O) groups excluding carboxylic acids is 2. The minimum absolute atomic E-state index is 0.111. The van der Waals surface area contributed by atoms with Gasteiger partial charge >= 0.3 is 6.03 Å². The molecule has 3 amide bonds. The molecule has 0 unspecified atom stereocenters. The summed E-state index contributed by atoms with van der Waals surface area (Å²) < 4.78 is 5.30. The zero-order valence-corrected chi connectivity index (χ0v) is 16.2. The van der Waals surface area contributed by atoms with Crippen LogP contribution in [0.3, 0.4) is 0 Å². The Morgan fingerprint density at radius 2 is 1.79 bits per heavy atom. The second-order valence-electron chi connectivity index (χ2n) is 6.99. The number of piperidine rings is 1. The summed E-state index contributed by atoms with van der Waals surface area (Å²) >= 11 is 0. The van der Waals surface area contributed by atoms with Crippen molar-refractivity contribution in [2.24, 2.45) is 0 Å². The largest absolute Gasteiger partial charge is 0.343 e. The van der Waals surface area contributed by atoms with E-state index in [0.717, 1.165) is 32.4 Å². The molecule has 0 radical (unpaired) electrons. The first kappa shape index (κ1) is 19.9. The van der Waals surface area contributed by atoms with Gasteiger partial charge in [0.25, 0.3) is 0 Å². The van der Waals surface area contributed by atoms with E-state index >= 15 is 0 Å². The van der Waals surface area contributed by atoms with E-state index in [1.165, 1.54) is 5.56 Å². The number of hydrogen-bond acceptors (Lipinski definition) is 5. The quantitative estimate of drug-likeness (QED) is 0.758. The van der Waals surface area contributed by atoms with Crippen molar-refractivity contribution in [3.63, 3.8) is 0 Å². The van der Waals surface area contributed by atoms with Crippen molar-refractivity contribution < 1.29 is 14.1 Å². The Hall–Kier alpha value is -2.90. The van der Waals surface area contributed by atoms with Crippen LogP contribution in [0.5, 0.6) is 0 Å². The van der Waals surface area contributed by atoms with Gasteiger partial charge < -0.3 is 20.1 Å². The highest BCUT2D eigenvalue weighted by atomic mass is 16.5. The van der Waals surface area contributed by atoms with Crippen LogP contribution in [0.1, 0.15) is 43.0 Å². The van der Waals surface area contributed by atoms with Gasteiger partial charge in [-0.05, 0) is 24.8 Å². The molecule has 3 rings (SSSR count). The van der Waals surface area contributed by atoms with Crippen LogP contribution in [0.15, 0.2) is 34.9 Å². The van der Waals surface area contributed by atoms with Crippen LogP contribution in [-0.4, -0.2) is 53.2 Å². The van der Waals surface area contributed by atoms with Crippen LogP contribution in [0, 0.1) is 0 Å². The lowest BCUT2D eigenvalue weighted by molar-refractivity contribution is -0.129. The van der Waals surface area contributed by atoms with Gasteiger partial charge in [0.15, 0.2) is 5.82 Å². The first-order chi connectivity index (χ1) is 13.6. The Bertz CT molecular complexity index is 769. The number of benzene rings is 1. The average Bonchev–Trinajstić information content (AvgIpc) is 3.18. The van der Waals surface area contributed by atoms with Crippen LogP contribution in [-0.2, 0) is 17.6 Å². The number of hydrogen-bond donors (Lipinski definition) is 2. The first-order valence-electron chi connectivity index (χ1n) is 9.75. The fourth-order valence-corrected chi connectivity index (χ4v) is 3.30. The number of nitrogens with zero attached hydrogens (tertiary/aromatic N) is 3. The molecule has 8 heteroatoms. The van der Waals surface area contributed by atoms with Gasteiger partial charge in [-0.3, -0.25) is 4.79 Å². The topological polar surface area (TPSA) is 100 Å². The molecule has 1 saturated heterocycles. The highest BCUT2D eigenvalue weighted by Gasteiger charge is 2.25. The smallest absolute Gasteiger partial charge is 0.314 e. The average molecular weight is 385 g/mol. The number of nitrogens with one attached hydrogen (secondary N) is 2. The highest BCUT2D eigenvalue weighted by Crippen LogP contribution is 2.25. The van der Waals surface area contributed by atoms with Gasteiger partial charge in [-0.25, -0.2) is 4.79 Å². The maximum Gasteiger partial charge on any atom is 0.314 e. The molecule has 0 aliphatic carbocycles. The summed E-state index contributed by atoms with van der Waals surface area (Å²) in [5.41, 5.74) is 1.19. The van der Waals surface area contributed by atoms with Crippen LogP contribution >= 0.6 is 0 Å². The normalized spacial score (nSPS) is 14.7. The zero-order valence-electron chi connectivity index (χ0n) is 16.2. The fourth-order valence-electron chi connectivity index (χ4n) is 3.30. The van der Waals surface area contributed by atoms with Gasteiger partial charge in [0, 0.05) is 45.4 Å². The molecular weight excluding hydrogens is 358 g/mol. The molecule has 1 aromatic carbocycles. The van der Waals surface area contributed by atoms with E-state index in [0.29, 0.717) is 31.2 Å². The number of aromatic nitrogens is 2. The molecule has 1 aliphatic rings. The third-order valence-corrected chi connectivity index (χ3v) is 4.96. The number of rotatable bonds is 7. The summed E-state index contributed by atoms with van der Waals surface area (Å²) in [6, 6.07) is 9.82. The summed E-state index contributed by atoms with van der Waals surface area (Å²) in [5.74, 6) is 1.56. The Balaban J connectivity index is 1.33. The van der Waals surface area contributed by atoms with Gasteiger partial charge in [-0.15, -0.1) is 0 Å². The second kappa shape index (κ2) is 9.87. The van der Waals surface area contributed by atoms with E-state index in [1.807, 2.05) is 35.2 Å². The van der Waals surface area contributed by atoms with E-state index in [9.17, 15) is 9.59 Å². The monoisotopic (exact) mass is 385 g/mol. The summed E-state index contributed by atoms with van der Waals surface area (Å²) in [4.78, 5) is 29.5. The van der Waals surface area contributed by atoms with Gasteiger partial charge in [-0.2, -0.15) is 4.98 Å². The molecule has 1 aromatic heterocycles. The summed E-state index contributed by atoms with van der Waals surface area (Å²) in [7, 11) is 0. The van der Waals surface area contributed by atoms with Crippen molar-refractivity contribution in [2.75, 3.05) is 26.2 Å². The lowest BCUT2D eigenvalue weighted by Crippen LogP contribution is -2.37. The van der Waals surface area contributed by atoms with Crippen LogP contribution in [0.25, 0.3) is 0 Å². The third kappa shape index (κ3) is 5.80. The maximum absolute atomic E-state index is 11.8. The van der Waals surface area contributed by atoms with E-state index in [2.05, 4.69) is 20.8 Å². The van der Waals surface area contributed by atoms with E-state index < -0.39 is 0 Å². The lowest BCUT2D eigenvalue weighted by atomic mass is 9.96. The van der Waals surface area contributed by atoms with Crippen molar-refractivity contribution in [1.29, 1.82) is 0 Å². The maximum atomic E-state index is 11.8. The highest BCUT2D eigenvalue weighted by molar-refractivity contribution is 5.73. The van der Waals surface area contributed by atoms with Gasteiger partial charge in [0.1, 0.15) is 0 Å². The first-order valence-corrected chi connectivity index (χ1v) is 9.75. The predicted molar refractivity (Wildman–Crippen MR) is 104 cm³/mol. The van der Waals surface area contributed by atoms with Crippen LogP contribution < -0.4 is 10.6 Å². The van der Waals surface area contributed by atoms with Crippen LogP contribution in [0.4, 0.5) is 4.79 Å². The molecule has 0 saturated carbocycles. The molecule has 2 N–H and O–H groups in total. The summed E-state index contributed by atoms with van der Waals surface area (Å²) in [5, 5.41) is 9.71. The number of likely N-dealkylation sites (tertiary alicyclic amines) is 1. The summed E-state index contributed by atoms with van der Waals surface area (Å²) in [6.07, 6.45) is 2.98. The van der Waals surface area contributed by atoms with E-state index in [4.69, 9.17) is 4.52 Å². The fraction of sp³-hybridized carbons (Fsp3) is 0.500. The second-order valence-corrected chi connectivity index (χ2v) is 6.99. The Morgan fingerprint density at radius 3 is 2.46 bits per heavy atom. The molecule has 0 atom stereocenters. The predicted octanol–water partition coefficient (Wildman–Crippen LogP) is 1.88. The summed E-state index contributed by atoms with van der Waals surface area (Å²) in [6.45, 7) is 4.07. The Morgan fingerprint density at radius 1 is 1.11 bits per heavy atom. The molecule has 0 bridgehead atoms. The molecule has 2 heterocycles. The standard InChI is InChI=1S/C20H27N5O3/c1-15(26)25-13-9-17(10-14-25)19-23-18(28-24-19)8-12-22-20(27)21-11-7-16-5-3-2-4-6-16/h2-6,17H,7-14H2,1H3,(H2,21,22,27). The van der Waals surface area contributed by atoms with Crippen molar-refractivity contribution in [3.05, 3.63) is 47.6 Å². The Labute approximate surface area is 164 Å². The number of urea groups is 1. The van der Waals surface area contributed by atoms with Crippen molar-refractivity contribution >= 4 is 11.9 Å². The number of amides is 3. The Kier molecular flexibility index (Phi) is 7.00. The minimum atomic E-state index is -0.202. The van der Waals surface area contributed by atoms with E-state index in [-0.39, 0.29) is 17.9 Å². The van der Waals surface area contributed by atoms with Crippen LogP contribution in [0.2, 0.25) is 0 Å². The van der Waals surface area contributed by atoms with E-state index in [1.54, 1.807) is 6.92 Å². The molecule has 8 nitrogen and oxygen atoms in total. The zero-order chi connectivity index (χ0) is 19.8. The molecule has 1 aliphatic heterocycles. The van der Waals surface area contributed by atoms with Gasteiger partial charge in [-0.1, -0.05) is 35.5 Å². The SMILES string of the molecule is CC(=O)N1CCC(c2noc(CCNC(=O)NCCc3ccccc3)n2)CC1. The molecule has 1 fully saturated rings. The van der Waals surface area contributed by atoms with Gasteiger partial charge in [0.05, 0.1) is 0 Å². The molecular formula is C20H27N5O3. The molecule has 150 valence electrons. The molecule has 2 aromatic rings. The minimum Gasteiger partial charge on any atom is -0.343 e. The third-order valence-electron chi connectivity index (χ3n) is 4.96. The van der Waals surface area contributed by atoms with Crippen molar-refractivity contribution in [1.82, 2.24) is 25.7 Å². The molecule has 28 heavy (non-hydrogen) atoms. The van der Waals surface area contributed by atoms with Crippen molar-refractivity contribution in [3.8, 4) is 0 Å². The van der Waals surface area contributed by atoms with Gasteiger partial charge in [0.2, 0.25) is 11.8 Å².